The van der Waals surface area contributed by atoms with Crippen LogP contribution in [0.3, 0.4) is 0 Å². The summed E-state index contributed by atoms with van der Waals surface area (Å²) in [6.07, 6.45) is 0.446. The van der Waals surface area contributed by atoms with Crippen LogP contribution < -0.4 is 4.90 Å². The number of cyclic esters (lactones) is 2. The number of ether oxygens (including phenoxy) is 2. The van der Waals surface area contributed by atoms with Gasteiger partial charge < -0.3 is 14.4 Å². The van der Waals surface area contributed by atoms with Gasteiger partial charge in [0.2, 0.25) is 0 Å². The Morgan fingerprint density at radius 3 is 2.46 bits per heavy atom. The van der Waals surface area contributed by atoms with Gasteiger partial charge in [-0.3, -0.25) is 4.90 Å². The largest absolute Gasteiger partial charge is 0.444 e. The average Bonchev–Trinajstić information content (AvgIpc) is 2.64. The van der Waals surface area contributed by atoms with E-state index in [1.807, 2.05) is 32.9 Å². The average molecular weight is 382 g/mol. The van der Waals surface area contributed by atoms with Gasteiger partial charge in [0, 0.05) is 29.5 Å². The molecule has 4 rings (SSSR count). The van der Waals surface area contributed by atoms with Gasteiger partial charge in [0.05, 0.1) is 17.8 Å². The van der Waals surface area contributed by atoms with Crippen LogP contribution >= 0.6 is 0 Å². The highest BCUT2D eigenvalue weighted by Crippen LogP contribution is 2.35. The van der Waals surface area contributed by atoms with E-state index in [2.05, 4.69) is 4.90 Å². The van der Waals surface area contributed by atoms with Gasteiger partial charge in [-0.15, -0.1) is 0 Å². The van der Waals surface area contributed by atoms with Gasteiger partial charge in [-0.25, -0.2) is 14.4 Å². The van der Waals surface area contributed by atoms with Gasteiger partial charge >= 0.3 is 18.0 Å². The fourth-order valence-corrected chi connectivity index (χ4v) is 3.67. The van der Waals surface area contributed by atoms with Crippen molar-refractivity contribution in [1.29, 1.82) is 0 Å². The van der Waals surface area contributed by atoms with E-state index in [0.717, 1.165) is 24.0 Å². The van der Waals surface area contributed by atoms with Crippen LogP contribution in [0.5, 0.6) is 0 Å². The molecule has 0 bridgehead atoms. The lowest BCUT2D eigenvalue weighted by atomic mass is 9.95. The zero-order valence-corrected chi connectivity index (χ0v) is 16.2. The molecule has 28 heavy (non-hydrogen) atoms. The molecule has 146 valence electrons. The standard InChI is InChI=1S/C21H22N2O5/c1-21(2,3)28-20(26)23-11-5-10-22(12-23)16-9-8-15-17-13(16)6-4-7-14(17)18(24)27-19(15)25/h4,6-9H,5,10-12H2,1-3H3. The molecule has 0 radical (unpaired) electrons. The smallest absolute Gasteiger partial charge is 0.411 e. The first-order chi connectivity index (χ1) is 13.2. The Morgan fingerprint density at radius 1 is 1.04 bits per heavy atom. The van der Waals surface area contributed by atoms with Crippen LogP contribution in [0.15, 0.2) is 30.3 Å². The van der Waals surface area contributed by atoms with Crippen molar-refractivity contribution >= 4 is 34.5 Å². The summed E-state index contributed by atoms with van der Waals surface area (Å²) in [6, 6.07) is 8.85. The molecule has 2 aromatic carbocycles. The van der Waals surface area contributed by atoms with E-state index >= 15 is 0 Å². The summed E-state index contributed by atoms with van der Waals surface area (Å²) in [5.41, 5.74) is 1.08. The van der Waals surface area contributed by atoms with E-state index in [0.29, 0.717) is 29.7 Å². The third-order valence-electron chi connectivity index (χ3n) is 4.83. The lowest BCUT2D eigenvalue weighted by molar-refractivity contribution is 0.0225. The maximum absolute atomic E-state index is 12.5. The predicted molar refractivity (Wildman–Crippen MR) is 103 cm³/mol. The molecule has 2 aliphatic heterocycles. The van der Waals surface area contributed by atoms with Crippen LogP contribution in [0.2, 0.25) is 0 Å². The number of anilines is 1. The Bertz CT molecular complexity index is 972. The zero-order valence-electron chi connectivity index (χ0n) is 16.2. The lowest BCUT2D eigenvalue weighted by Gasteiger charge is -2.38. The molecule has 1 fully saturated rings. The van der Waals surface area contributed by atoms with E-state index in [4.69, 9.17) is 9.47 Å². The van der Waals surface area contributed by atoms with Crippen LogP contribution in [-0.2, 0) is 9.47 Å². The minimum atomic E-state index is -0.630. The van der Waals surface area contributed by atoms with Crippen LogP contribution in [0.25, 0.3) is 10.8 Å². The third-order valence-corrected chi connectivity index (χ3v) is 4.83. The third kappa shape index (κ3) is 3.17. The molecule has 1 saturated heterocycles. The topological polar surface area (TPSA) is 76.2 Å². The highest BCUT2D eigenvalue weighted by molar-refractivity contribution is 6.22. The molecular weight excluding hydrogens is 360 g/mol. The Morgan fingerprint density at radius 2 is 1.75 bits per heavy atom. The van der Waals surface area contributed by atoms with E-state index in [1.54, 1.807) is 23.1 Å². The van der Waals surface area contributed by atoms with Gasteiger partial charge in [0.25, 0.3) is 0 Å². The second kappa shape index (κ2) is 6.51. The van der Waals surface area contributed by atoms with Gasteiger partial charge in [0.1, 0.15) is 5.60 Å². The molecule has 7 nitrogen and oxygen atoms in total. The van der Waals surface area contributed by atoms with Crippen molar-refractivity contribution in [3.63, 3.8) is 0 Å². The first kappa shape index (κ1) is 18.3. The molecule has 0 aromatic heterocycles. The van der Waals surface area contributed by atoms with Crippen molar-refractivity contribution in [3.05, 3.63) is 41.5 Å². The van der Waals surface area contributed by atoms with E-state index in [-0.39, 0.29) is 6.09 Å². The number of hydrogen-bond acceptors (Lipinski definition) is 6. The monoisotopic (exact) mass is 382 g/mol. The van der Waals surface area contributed by atoms with Crippen molar-refractivity contribution in [2.24, 2.45) is 0 Å². The SMILES string of the molecule is CC(C)(C)OC(=O)N1CCCN(c2ccc3c4c(cccc24)C(=O)OC3=O)C1. The molecule has 7 heteroatoms. The van der Waals surface area contributed by atoms with Crippen molar-refractivity contribution in [2.75, 3.05) is 24.7 Å². The van der Waals surface area contributed by atoms with E-state index < -0.39 is 17.5 Å². The summed E-state index contributed by atoms with van der Waals surface area (Å²) >= 11 is 0. The quantitative estimate of drug-likeness (QED) is 0.555. The Hall–Kier alpha value is -3.09. The second-order valence-corrected chi connectivity index (χ2v) is 8.04. The van der Waals surface area contributed by atoms with Crippen molar-refractivity contribution in [2.45, 2.75) is 32.8 Å². The van der Waals surface area contributed by atoms with Crippen LogP contribution in [0.4, 0.5) is 10.5 Å². The summed E-state index contributed by atoms with van der Waals surface area (Å²) in [5.74, 6) is -1.26. The number of rotatable bonds is 1. The van der Waals surface area contributed by atoms with Crippen molar-refractivity contribution < 1.29 is 23.9 Å². The zero-order chi connectivity index (χ0) is 20.1. The number of benzene rings is 2. The Balaban J connectivity index is 1.71. The molecule has 0 atom stereocenters. The number of carbonyl (C=O) groups excluding carboxylic acids is 3. The molecule has 0 aliphatic carbocycles. The molecular formula is C21H22N2O5. The number of amides is 1. The normalized spacial score (nSPS) is 17.0. The summed E-state index contributed by atoms with van der Waals surface area (Å²) in [4.78, 5) is 40.5. The van der Waals surface area contributed by atoms with Crippen molar-refractivity contribution in [3.8, 4) is 0 Å². The highest BCUT2D eigenvalue weighted by Gasteiger charge is 2.31. The minimum Gasteiger partial charge on any atom is -0.444 e. The molecule has 2 aliphatic rings. The fourth-order valence-electron chi connectivity index (χ4n) is 3.67. The van der Waals surface area contributed by atoms with Gasteiger partial charge in [-0.2, -0.15) is 0 Å². The maximum atomic E-state index is 12.5. The summed E-state index contributed by atoms with van der Waals surface area (Å²) in [7, 11) is 0. The predicted octanol–water partition coefficient (Wildman–Crippen LogP) is 3.56. The van der Waals surface area contributed by atoms with E-state index in [1.165, 1.54) is 0 Å². The molecule has 0 saturated carbocycles. The second-order valence-electron chi connectivity index (χ2n) is 8.04. The first-order valence-corrected chi connectivity index (χ1v) is 9.30. The van der Waals surface area contributed by atoms with Gasteiger partial charge in [-0.1, -0.05) is 12.1 Å². The summed E-state index contributed by atoms with van der Waals surface area (Å²) in [6.45, 7) is 7.29. The molecule has 2 aromatic rings. The Kier molecular flexibility index (Phi) is 4.25. The number of carbonyl (C=O) groups is 3. The molecule has 0 unspecified atom stereocenters. The Labute approximate surface area is 162 Å². The molecule has 2 heterocycles. The van der Waals surface area contributed by atoms with Gasteiger partial charge in [-0.05, 0) is 45.4 Å². The minimum absolute atomic E-state index is 0.348. The molecule has 0 spiro atoms. The molecule has 1 amide bonds. The van der Waals surface area contributed by atoms with Crippen LogP contribution in [-0.4, -0.2) is 48.3 Å². The lowest BCUT2D eigenvalue weighted by Crippen LogP contribution is -2.49. The van der Waals surface area contributed by atoms with Crippen LogP contribution in [0.1, 0.15) is 47.9 Å². The first-order valence-electron chi connectivity index (χ1n) is 9.30. The highest BCUT2D eigenvalue weighted by atomic mass is 16.6. The maximum Gasteiger partial charge on any atom is 0.411 e. The summed E-state index contributed by atoms with van der Waals surface area (Å²) < 4.78 is 10.3. The van der Waals surface area contributed by atoms with E-state index in [9.17, 15) is 14.4 Å². The van der Waals surface area contributed by atoms with Crippen LogP contribution in [0, 0.1) is 0 Å². The van der Waals surface area contributed by atoms with Gasteiger partial charge in [0.15, 0.2) is 0 Å². The number of esters is 2. The molecule has 0 N–H and O–H groups in total. The number of nitrogens with zero attached hydrogens (tertiary/aromatic N) is 2. The number of hydrogen-bond donors (Lipinski definition) is 0. The summed E-state index contributed by atoms with van der Waals surface area (Å²) in [5, 5.41) is 1.40. The fraction of sp³-hybridized carbons (Fsp3) is 0.381. The van der Waals surface area contributed by atoms with Crippen molar-refractivity contribution in [1.82, 2.24) is 4.90 Å².